The van der Waals surface area contributed by atoms with Crippen molar-refractivity contribution in [1.82, 2.24) is 9.97 Å². The molecule has 2 aromatic heterocycles. The van der Waals surface area contributed by atoms with Crippen molar-refractivity contribution in [1.29, 1.82) is 0 Å². The molecule has 12 rings (SSSR count). The van der Waals surface area contributed by atoms with E-state index in [0.29, 0.717) is 0 Å². The van der Waals surface area contributed by atoms with Crippen molar-refractivity contribution in [3.63, 3.8) is 0 Å². The van der Waals surface area contributed by atoms with Gasteiger partial charge < -0.3 is 0 Å². The van der Waals surface area contributed by atoms with Gasteiger partial charge in [0.25, 0.3) is 0 Å². The smallest absolute Gasteiger partial charge is 0.0886 e. The van der Waals surface area contributed by atoms with E-state index in [1.54, 1.807) is 0 Å². The molecule has 0 saturated heterocycles. The Morgan fingerprint density at radius 1 is 0.311 bits per heavy atom. The first-order valence-corrected chi connectivity index (χ1v) is 21.0. The van der Waals surface area contributed by atoms with E-state index in [4.69, 9.17) is 4.98 Å². The zero-order valence-corrected chi connectivity index (χ0v) is 33.6. The van der Waals surface area contributed by atoms with Gasteiger partial charge >= 0.3 is 0 Å². The Labute approximate surface area is 354 Å². The number of aromatic nitrogens is 2. The normalized spacial score (nSPS) is 11.7. The van der Waals surface area contributed by atoms with Crippen LogP contribution in [0.1, 0.15) is 5.56 Å². The molecule has 0 bridgehead atoms. The third kappa shape index (κ3) is 5.72. The molecule has 0 aliphatic heterocycles. The Morgan fingerprint density at radius 2 is 0.836 bits per heavy atom. The molecule has 284 valence electrons. The van der Waals surface area contributed by atoms with Crippen LogP contribution in [0.15, 0.2) is 213 Å². The van der Waals surface area contributed by atoms with Gasteiger partial charge in [-0.05, 0) is 140 Å². The van der Waals surface area contributed by atoms with Gasteiger partial charge in [-0.3, -0.25) is 9.97 Å². The fourth-order valence-corrected chi connectivity index (χ4v) is 9.87. The van der Waals surface area contributed by atoms with Gasteiger partial charge in [-0.25, -0.2) is 0 Å². The second-order valence-corrected chi connectivity index (χ2v) is 16.1. The lowest BCUT2D eigenvalue weighted by Gasteiger charge is -2.18. The lowest BCUT2D eigenvalue weighted by Crippen LogP contribution is -1.92. The summed E-state index contributed by atoms with van der Waals surface area (Å²) >= 11 is 0. The summed E-state index contributed by atoms with van der Waals surface area (Å²) in [5.41, 5.74) is 12.7. The fourth-order valence-electron chi connectivity index (χ4n) is 9.87. The minimum atomic E-state index is 0.865. The third-order valence-electron chi connectivity index (χ3n) is 12.7. The molecular formula is C59H38N2. The lowest BCUT2D eigenvalue weighted by atomic mass is 9.86. The minimum Gasteiger partial charge on any atom is -0.255 e. The molecule has 10 aromatic carbocycles. The van der Waals surface area contributed by atoms with Crippen LogP contribution in [0.5, 0.6) is 0 Å². The number of aryl methyl sites for hydroxylation is 1. The number of hydrogen-bond acceptors (Lipinski definition) is 2. The van der Waals surface area contributed by atoms with E-state index in [9.17, 15) is 0 Å². The molecule has 61 heavy (non-hydrogen) atoms. The molecule has 0 saturated carbocycles. The maximum Gasteiger partial charge on any atom is 0.0886 e. The van der Waals surface area contributed by atoms with Crippen LogP contribution in [0.25, 0.3) is 121 Å². The maximum absolute atomic E-state index is 4.87. The van der Waals surface area contributed by atoms with E-state index in [0.717, 1.165) is 17.0 Å². The first kappa shape index (κ1) is 35.0. The van der Waals surface area contributed by atoms with Crippen molar-refractivity contribution >= 4 is 64.6 Å². The number of benzene rings is 10. The van der Waals surface area contributed by atoms with Gasteiger partial charge in [0.1, 0.15) is 0 Å². The Morgan fingerprint density at radius 3 is 1.48 bits per heavy atom. The zero-order valence-electron chi connectivity index (χ0n) is 33.6. The monoisotopic (exact) mass is 774 g/mol. The molecular weight excluding hydrogens is 737 g/mol. The van der Waals surface area contributed by atoms with Crippen molar-refractivity contribution < 1.29 is 0 Å². The third-order valence-corrected chi connectivity index (χ3v) is 12.7. The molecule has 0 N–H and O–H groups in total. The fraction of sp³-hybridized carbons (Fsp3) is 0.0169. The summed E-state index contributed by atoms with van der Waals surface area (Å²) in [6.45, 7) is 2.23. The highest BCUT2D eigenvalue weighted by molar-refractivity contribution is 6.23. The molecule has 0 unspecified atom stereocenters. The second kappa shape index (κ2) is 14.1. The molecule has 0 spiro atoms. The molecule has 0 aliphatic carbocycles. The van der Waals surface area contributed by atoms with Gasteiger partial charge in [0, 0.05) is 18.0 Å². The minimum absolute atomic E-state index is 0.865. The molecule has 0 radical (unpaired) electrons. The van der Waals surface area contributed by atoms with Crippen molar-refractivity contribution in [3.05, 3.63) is 218 Å². The molecule has 2 heteroatoms. The number of rotatable bonds is 5. The highest BCUT2D eigenvalue weighted by Gasteiger charge is 2.18. The predicted molar refractivity (Wildman–Crippen MR) is 259 cm³/mol. The SMILES string of the molecule is Cc1cccc2ccc3cccc(-c4cccc5ccc6cc(-c7ccc(-c8c9ccccc9c(-c9ccc(-c%10ccccn%10)nc9)c9ccccc89)cc7)ccc6c45)c3c12. The van der Waals surface area contributed by atoms with Gasteiger partial charge in [-0.15, -0.1) is 0 Å². The number of nitrogens with zero attached hydrogens (tertiary/aromatic N) is 2. The second-order valence-electron chi connectivity index (χ2n) is 16.1. The van der Waals surface area contributed by atoms with Crippen LogP contribution in [0, 0.1) is 6.92 Å². The average Bonchev–Trinajstić information content (AvgIpc) is 3.33. The van der Waals surface area contributed by atoms with Crippen molar-refractivity contribution in [3.8, 4) is 55.9 Å². The summed E-state index contributed by atoms with van der Waals surface area (Å²) in [5.74, 6) is 0. The van der Waals surface area contributed by atoms with E-state index in [1.807, 2.05) is 30.6 Å². The molecule has 2 nitrogen and oxygen atoms in total. The van der Waals surface area contributed by atoms with Gasteiger partial charge in [-0.2, -0.15) is 0 Å². The van der Waals surface area contributed by atoms with E-state index in [2.05, 4.69) is 194 Å². The van der Waals surface area contributed by atoms with Crippen LogP contribution in [-0.4, -0.2) is 9.97 Å². The molecule has 0 amide bonds. The van der Waals surface area contributed by atoms with E-state index in [-0.39, 0.29) is 0 Å². The Hall–Kier alpha value is -7.94. The Kier molecular flexibility index (Phi) is 8.11. The molecule has 2 heterocycles. The number of fused-ring (bicyclic) bond motifs is 8. The Bertz CT molecular complexity index is 3620. The van der Waals surface area contributed by atoms with E-state index in [1.165, 1.54) is 109 Å². The van der Waals surface area contributed by atoms with Crippen LogP contribution in [-0.2, 0) is 0 Å². The predicted octanol–water partition coefficient (Wildman–Crippen LogP) is 16.0. The van der Waals surface area contributed by atoms with Crippen LogP contribution < -0.4 is 0 Å². The van der Waals surface area contributed by atoms with Gasteiger partial charge in [0.2, 0.25) is 0 Å². The van der Waals surface area contributed by atoms with Crippen molar-refractivity contribution in [2.75, 3.05) is 0 Å². The first-order valence-electron chi connectivity index (χ1n) is 21.0. The van der Waals surface area contributed by atoms with Gasteiger partial charge in [0.05, 0.1) is 11.4 Å². The average molecular weight is 775 g/mol. The summed E-state index contributed by atoms with van der Waals surface area (Å²) in [6.07, 6.45) is 3.80. The molecule has 0 fully saturated rings. The molecule has 0 aliphatic rings. The van der Waals surface area contributed by atoms with Crippen LogP contribution in [0.4, 0.5) is 0 Å². The topological polar surface area (TPSA) is 25.8 Å². The Balaban J connectivity index is 0.959. The van der Waals surface area contributed by atoms with Crippen LogP contribution in [0.2, 0.25) is 0 Å². The first-order chi connectivity index (χ1) is 30.2. The van der Waals surface area contributed by atoms with Crippen LogP contribution in [0.3, 0.4) is 0 Å². The van der Waals surface area contributed by atoms with Crippen LogP contribution >= 0.6 is 0 Å². The number of hydrogen-bond donors (Lipinski definition) is 0. The molecule has 12 aromatic rings. The summed E-state index contributed by atoms with van der Waals surface area (Å²) in [5, 5.41) is 15.1. The largest absolute Gasteiger partial charge is 0.255 e. The van der Waals surface area contributed by atoms with E-state index >= 15 is 0 Å². The summed E-state index contributed by atoms with van der Waals surface area (Å²) in [4.78, 5) is 9.39. The van der Waals surface area contributed by atoms with Crippen molar-refractivity contribution in [2.45, 2.75) is 6.92 Å². The highest BCUT2D eigenvalue weighted by atomic mass is 14.8. The lowest BCUT2D eigenvalue weighted by molar-refractivity contribution is 1.25. The quantitative estimate of drug-likeness (QED) is 0.129. The van der Waals surface area contributed by atoms with Crippen molar-refractivity contribution in [2.24, 2.45) is 0 Å². The molecule has 0 atom stereocenters. The van der Waals surface area contributed by atoms with Gasteiger partial charge in [-0.1, -0.05) is 176 Å². The maximum atomic E-state index is 4.87. The number of pyridine rings is 2. The summed E-state index contributed by atoms with van der Waals surface area (Å²) < 4.78 is 0. The standard InChI is InChI=1S/C59H38N2/c1-37-11-8-12-39-26-27-41-14-10-20-52(59(41)55(37)39)51-19-9-13-40-28-29-44-35-43(30-32-46(44)56(40)51)38-22-24-42(25-23-38)57-47-15-2-4-17-49(47)58(50-18-5-3-16-48(50)57)45-31-33-54(61-36-45)53-21-6-7-34-60-53/h2-36H,1H3. The summed E-state index contributed by atoms with van der Waals surface area (Å²) in [6, 6.07) is 73.1. The summed E-state index contributed by atoms with van der Waals surface area (Å²) in [7, 11) is 0. The zero-order chi connectivity index (χ0) is 40.4. The highest BCUT2D eigenvalue weighted by Crippen LogP contribution is 2.45. The van der Waals surface area contributed by atoms with E-state index < -0.39 is 0 Å². The van der Waals surface area contributed by atoms with Gasteiger partial charge in [0.15, 0.2) is 0 Å².